The average Bonchev–Trinajstić information content (AvgIpc) is 3.22. The molecule has 4 aromatic rings. The van der Waals surface area contributed by atoms with E-state index >= 15 is 0 Å². The highest BCUT2D eigenvalue weighted by atomic mass is 31.2. The fourth-order valence-corrected chi connectivity index (χ4v) is 8.99. The fraction of sp³-hybridized carbons (Fsp3) is 0.405. The highest BCUT2D eigenvalue weighted by Gasteiger charge is 2.36. The van der Waals surface area contributed by atoms with E-state index < -0.39 is 30.7 Å². The third-order valence-electron chi connectivity index (χ3n) is 11.2. The molecular weight excluding hydrogens is 798 g/mol. The number of nitrogens with zero attached hydrogens (tertiary/aromatic N) is 5. The van der Waals surface area contributed by atoms with Crippen LogP contribution in [0.4, 0.5) is 47.7 Å². The summed E-state index contributed by atoms with van der Waals surface area (Å²) in [5.74, 6) is -0.216. The SMILES string of the molecule is COc1cc(N2CCN(C(=O)CN3CCC(c4ccc(NC5CCC(=O)NC5=O)cc4)CC3)CC2)ccc1Nc1ncc(C(F)(F)F)c(Nc2ccccc2P(C)(C)=O)n1. The maximum Gasteiger partial charge on any atom is 0.421 e. The predicted octanol–water partition coefficient (Wildman–Crippen LogP) is 5.98. The molecule has 3 amide bonds. The number of anilines is 6. The Morgan fingerprint density at radius 1 is 0.917 bits per heavy atom. The van der Waals surface area contributed by atoms with Crippen molar-refractivity contribution in [1.82, 2.24) is 25.1 Å². The number of nitrogens with one attached hydrogen (secondary N) is 4. The smallest absolute Gasteiger partial charge is 0.421 e. The Morgan fingerprint density at radius 2 is 1.63 bits per heavy atom. The summed E-state index contributed by atoms with van der Waals surface area (Å²) >= 11 is 0. The van der Waals surface area contributed by atoms with E-state index in [9.17, 15) is 32.1 Å². The van der Waals surface area contributed by atoms with Crippen molar-refractivity contribution in [3.63, 3.8) is 0 Å². The average molecular weight is 848 g/mol. The number of ether oxygens (including phenoxy) is 1. The second-order valence-electron chi connectivity index (χ2n) is 15.6. The van der Waals surface area contributed by atoms with Crippen LogP contribution in [-0.2, 0) is 25.1 Å². The van der Waals surface area contributed by atoms with Gasteiger partial charge in [-0.15, -0.1) is 0 Å². The molecule has 60 heavy (non-hydrogen) atoms. The lowest BCUT2D eigenvalue weighted by Gasteiger charge is -2.38. The minimum atomic E-state index is -4.75. The summed E-state index contributed by atoms with van der Waals surface area (Å²) in [6, 6.07) is 19.6. The minimum Gasteiger partial charge on any atom is -0.494 e. The van der Waals surface area contributed by atoms with Gasteiger partial charge in [0.1, 0.15) is 30.3 Å². The number of carbonyl (C=O) groups is 3. The van der Waals surface area contributed by atoms with Crippen molar-refractivity contribution in [2.24, 2.45) is 0 Å². The van der Waals surface area contributed by atoms with Crippen LogP contribution in [0.3, 0.4) is 0 Å². The van der Waals surface area contributed by atoms with Gasteiger partial charge in [-0.2, -0.15) is 18.2 Å². The Labute approximate surface area is 346 Å². The summed E-state index contributed by atoms with van der Waals surface area (Å²) in [7, 11) is -1.34. The van der Waals surface area contributed by atoms with Crippen LogP contribution >= 0.6 is 7.14 Å². The highest BCUT2D eigenvalue weighted by molar-refractivity contribution is 7.70. The van der Waals surface area contributed by atoms with Crippen LogP contribution in [0, 0.1) is 0 Å². The third kappa shape index (κ3) is 10.2. The quantitative estimate of drug-likeness (QED) is 0.0977. The van der Waals surface area contributed by atoms with Crippen LogP contribution in [0.5, 0.6) is 5.75 Å². The normalized spacial score (nSPS) is 18.2. The van der Waals surface area contributed by atoms with E-state index in [1.807, 2.05) is 29.2 Å². The molecule has 3 saturated heterocycles. The number of rotatable bonds is 12. The fourth-order valence-electron chi connectivity index (χ4n) is 7.84. The number of hydrogen-bond acceptors (Lipinski definition) is 12. The van der Waals surface area contributed by atoms with Crippen molar-refractivity contribution in [2.45, 2.75) is 43.8 Å². The molecule has 4 heterocycles. The molecule has 0 spiro atoms. The number of piperidine rings is 2. The maximum absolute atomic E-state index is 14.0. The summed E-state index contributed by atoms with van der Waals surface area (Å²) in [6.45, 7) is 7.42. The van der Waals surface area contributed by atoms with E-state index in [1.54, 1.807) is 43.7 Å². The molecule has 18 heteroatoms. The summed E-state index contributed by atoms with van der Waals surface area (Å²) in [5, 5.41) is 11.7. The Kier molecular flexibility index (Phi) is 12.7. The molecule has 318 valence electrons. The molecule has 1 unspecified atom stereocenters. The first kappa shape index (κ1) is 42.5. The maximum atomic E-state index is 14.0. The predicted molar refractivity (Wildman–Crippen MR) is 226 cm³/mol. The van der Waals surface area contributed by atoms with Crippen molar-refractivity contribution < 1.29 is 36.9 Å². The third-order valence-corrected chi connectivity index (χ3v) is 12.7. The number of halogens is 3. The molecule has 14 nitrogen and oxygen atoms in total. The standard InChI is InChI=1S/C42H49F3N9O5P/c1-59-35-24-30(12-13-32(35)49-41-46-25-31(42(43,44)45)39(51-41)48-33-6-4-5-7-36(33)60(2,3)58)53-20-22-54(23-21-53)38(56)26-52-18-16-28(17-19-52)27-8-10-29(11-9-27)47-34-14-15-37(55)50-40(34)57/h4-13,24-25,28,34,47H,14-23,26H2,1-3H3,(H,50,55,57)(H2,46,48,49,51). The van der Waals surface area contributed by atoms with Crippen molar-refractivity contribution in [1.29, 1.82) is 0 Å². The monoisotopic (exact) mass is 847 g/mol. The van der Waals surface area contributed by atoms with Crippen LogP contribution in [0.25, 0.3) is 0 Å². The number of aromatic nitrogens is 2. The second-order valence-corrected chi connectivity index (χ2v) is 18.8. The zero-order valence-corrected chi connectivity index (χ0v) is 34.6. The first-order valence-electron chi connectivity index (χ1n) is 19.9. The number of imide groups is 1. The van der Waals surface area contributed by atoms with Crippen molar-refractivity contribution in [3.05, 3.63) is 84.1 Å². The number of carbonyl (C=O) groups excluding carboxylic acids is 3. The Morgan fingerprint density at radius 3 is 2.30 bits per heavy atom. The topological polar surface area (TPSA) is 161 Å². The van der Waals surface area contributed by atoms with E-state index in [4.69, 9.17) is 4.74 Å². The molecule has 0 saturated carbocycles. The largest absolute Gasteiger partial charge is 0.494 e. The molecule has 1 aromatic heterocycles. The molecule has 3 fully saturated rings. The van der Waals surface area contributed by atoms with Crippen LogP contribution in [0.15, 0.2) is 72.9 Å². The van der Waals surface area contributed by atoms with E-state index in [1.165, 1.54) is 12.7 Å². The molecule has 7 rings (SSSR count). The van der Waals surface area contributed by atoms with Crippen LogP contribution < -0.4 is 36.2 Å². The first-order chi connectivity index (χ1) is 28.6. The number of methoxy groups -OCH3 is 1. The van der Waals surface area contributed by atoms with Crippen LogP contribution in [0.2, 0.25) is 0 Å². The number of likely N-dealkylation sites (tertiary alicyclic amines) is 1. The van der Waals surface area contributed by atoms with E-state index in [0.717, 1.165) is 37.3 Å². The van der Waals surface area contributed by atoms with Gasteiger partial charge in [0, 0.05) is 61.5 Å². The molecule has 4 N–H and O–H groups in total. The van der Waals surface area contributed by atoms with Gasteiger partial charge in [-0.3, -0.25) is 24.6 Å². The van der Waals surface area contributed by atoms with Gasteiger partial charge < -0.3 is 35.1 Å². The molecule has 3 aromatic carbocycles. The van der Waals surface area contributed by atoms with Gasteiger partial charge in [-0.25, -0.2) is 4.98 Å². The van der Waals surface area contributed by atoms with Gasteiger partial charge in [0.2, 0.25) is 23.7 Å². The number of hydrogen-bond donors (Lipinski definition) is 4. The molecule has 0 bridgehead atoms. The molecule has 0 aliphatic carbocycles. The van der Waals surface area contributed by atoms with Gasteiger partial charge in [0.25, 0.3) is 0 Å². The lowest BCUT2D eigenvalue weighted by atomic mass is 9.89. The van der Waals surface area contributed by atoms with E-state index in [0.29, 0.717) is 74.4 Å². The molecule has 0 radical (unpaired) electrons. The van der Waals surface area contributed by atoms with Crippen LogP contribution in [-0.4, -0.2) is 110 Å². The van der Waals surface area contributed by atoms with E-state index in [2.05, 4.69) is 53.2 Å². The Balaban J connectivity index is 0.908. The minimum absolute atomic E-state index is 0.0985. The Bertz CT molecular complexity index is 2260. The second kappa shape index (κ2) is 17.9. The molecule has 3 aliphatic heterocycles. The Hall–Kier alpha value is -5.67. The zero-order chi connectivity index (χ0) is 42.6. The van der Waals surface area contributed by atoms with Gasteiger partial charge in [0.05, 0.1) is 25.0 Å². The number of alkyl halides is 3. The van der Waals surface area contributed by atoms with E-state index in [-0.39, 0.29) is 29.4 Å². The van der Waals surface area contributed by atoms with Crippen molar-refractivity contribution >= 4 is 64.7 Å². The zero-order valence-electron chi connectivity index (χ0n) is 33.7. The van der Waals surface area contributed by atoms with Gasteiger partial charge in [0.15, 0.2) is 0 Å². The number of para-hydroxylation sites is 1. The molecule has 3 aliphatic rings. The summed E-state index contributed by atoms with van der Waals surface area (Å²) in [5.41, 5.74) is 2.55. The van der Waals surface area contributed by atoms with Gasteiger partial charge >= 0.3 is 6.18 Å². The number of amides is 3. The van der Waals surface area contributed by atoms with Gasteiger partial charge in [-0.1, -0.05) is 24.3 Å². The number of piperazine rings is 1. The molecule has 1 atom stereocenters. The summed E-state index contributed by atoms with van der Waals surface area (Å²) in [6.07, 6.45) is -1.38. The summed E-state index contributed by atoms with van der Waals surface area (Å²) in [4.78, 5) is 51.3. The lowest BCUT2D eigenvalue weighted by Crippen LogP contribution is -2.51. The summed E-state index contributed by atoms with van der Waals surface area (Å²) < 4.78 is 60.7. The lowest BCUT2D eigenvalue weighted by molar-refractivity contribution is -0.137. The van der Waals surface area contributed by atoms with Crippen molar-refractivity contribution in [2.75, 3.05) is 87.1 Å². The molecular formula is C42H49F3N9O5P. The number of benzene rings is 3. The van der Waals surface area contributed by atoms with Gasteiger partial charge in [-0.05, 0) is 93.6 Å². The highest BCUT2D eigenvalue weighted by Crippen LogP contribution is 2.41. The van der Waals surface area contributed by atoms with Crippen molar-refractivity contribution in [3.8, 4) is 5.75 Å². The van der Waals surface area contributed by atoms with Crippen LogP contribution in [0.1, 0.15) is 42.7 Å². The first-order valence-corrected chi connectivity index (χ1v) is 22.5.